The lowest BCUT2D eigenvalue weighted by Gasteiger charge is -2.24. The van der Waals surface area contributed by atoms with Crippen LogP contribution in [0.5, 0.6) is 11.5 Å². The molecule has 6 rings (SSSR count). The maximum atomic E-state index is 13.6. The van der Waals surface area contributed by atoms with Crippen LogP contribution in [0.3, 0.4) is 0 Å². The first kappa shape index (κ1) is 28.3. The largest absolute Gasteiger partial charge is 0.503 e. The van der Waals surface area contributed by atoms with Crippen LogP contribution in [0.4, 0.5) is 5.13 Å². The zero-order valence-corrected chi connectivity index (χ0v) is 24.5. The highest BCUT2D eigenvalue weighted by Gasteiger charge is 2.47. The second-order valence-corrected chi connectivity index (χ2v) is 11.6. The van der Waals surface area contributed by atoms with Gasteiger partial charge in [-0.15, -0.1) is 10.2 Å². The maximum Gasteiger partial charge on any atom is 0.296 e. The predicted octanol–water partition coefficient (Wildman–Crippen LogP) is 6.79. The van der Waals surface area contributed by atoms with Crippen LogP contribution in [-0.2, 0) is 17.2 Å². The highest BCUT2D eigenvalue weighted by Crippen LogP contribution is 2.45. The molecule has 0 saturated heterocycles. The SMILES string of the molecule is COc1cc(C2C(C(=O)c3ccco3)=C(O)C(=O)N2c2nnc(SCc3ccccc3)s2)ccc1OCc1ccccc1. The van der Waals surface area contributed by atoms with Crippen molar-refractivity contribution in [2.24, 2.45) is 0 Å². The molecule has 9 nitrogen and oxygen atoms in total. The number of methoxy groups -OCH3 is 1. The second-order valence-electron chi connectivity index (χ2n) is 9.46. The molecule has 1 amide bonds. The number of carbonyl (C=O) groups excluding carboxylic acids is 2. The van der Waals surface area contributed by atoms with Crippen LogP contribution in [0.1, 0.15) is 33.3 Å². The molecule has 1 atom stereocenters. The van der Waals surface area contributed by atoms with E-state index in [0.717, 1.165) is 11.1 Å². The van der Waals surface area contributed by atoms with E-state index in [9.17, 15) is 14.7 Å². The van der Waals surface area contributed by atoms with Gasteiger partial charge in [0.05, 0.1) is 25.0 Å². The Hall–Kier alpha value is -4.87. The number of aliphatic hydroxyl groups excluding tert-OH is 1. The number of anilines is 1. The standard InChI is InChI=1S/C32H25N3O6S2/c1-39-25-17-22(14-15-23(25)41-18-20-9-4-2-5-10-20)27-26(28(36)24-13-8-16-40-24)29(37)30(38)35(27)31-33-34-32(43-31)42-19-21-11-6-3-7-12-21/h2-17,27,37H,18-19H2,1H3. The molecule has 1 N–H and O–H groups in total. The van der Waals surface area contributed by atoms with Crippen molar-refractivity contribution < 1.29 is 28.6 Å². The number of ketones is 1. The number of ether oxygens (including phenoxy) is 2. The molecule has 1 aliphatic rings. The van der Waals surface area contributed by atoms with E-state index in [0.29, 0.717) is 33.8 Å². The number of benzene rings is 3. The van der Waals surface area contributed by atoms with E-state index < -0.39 is 23.5 Å². The average molecular weight is 612 g/mol. The van der Waals surface area contributed by atoms with Crippen LogP contribution in [-0.4, -0.2) is 34.1 Å². The Morgan fingerprint density at radius 2 is 1.72 bits per heavy atom. The lowest BCUT2D eigenvalue weighted by atomic mass is 9.95. The molecule has 43 heavy (non-hydrogen) atoms. The number of hydrogen-bond acceptors (Lipinski definition) is 10. The zero-order valence-electron chi connectivity index (χ0n) is 22.9. The Kier molecular flexibility index (Phi) is 8.25. The number of hydrogen-bond donors (Lipinski definition) is 1. The minimum atomic E-state index is -1.03. The summed E-state index contributed by atoms with van der Waals surface area (Å²) in [5.74, 6) is -0.521. The van der Waals surface area contributed by atoms with Crippen LogP contribution >= 0.6 is 23.1 Å². The van der Waals surface area contributed by atoms with Gasteiger partial charge in [-0.2, -0.15) is 0 Å². The first-order valence-electron chi connectivity index (χ1n) is 13.2. The molecule has 11 heteroatoms. The van der Waals surface area contributed by atoms with Crippen molar-refractivity contribution in [3.8, 4) is 11.5 Å². The smallest absolute Gasteiger partial charge is 0.296 e. The van der Waals surface area contributed by atoms with E-state index in [1.54, 1.807) is 24.3 Å². The number of nitrogens with zero attached hydrogens (tertiary/aromatic N) is 3. The molecule has 0 fully saturated rings. The Morgan fingerprint density at radius 3 is 2.42 bits per heavy atom. The molecule has 0 spiro atoms. The monoisotopic (exact) mass is 611 g/mol. The molecule has 1 aliphatic heterocycles. The van der Waals surface area contributed by atoms with Gasteiger partial charge in [-0.05, 0) is 41.0 Å². The van der Waals surface area contributed by atoms with Crippen LogP contribution in [0.15, 0.2) is 117 Å². The number of Topliss-reactive ketones (excluding diaryl/α,β-unsaturated/α-hetero) is 1. The number of amides is 1. The van der Waals surface area contributed by atoms with Gasteiger partial charge in [0.1, 0.15) is 6.61 Å². The summed E-state index contributed by atoms with van der Waals surface area (Å²) in [5.41, 5.74) is 2.47. The molecule has 0 bridgehead atoms. The number of rotatable bonds is 11. The van der Waals surface area contributed by atoms with Crippen molar-refractivity contribution in [2.75, 3.05) is 12.0 Å². The third kappa shape index (κ3) is 5.90. The van der Waals surface area contributed by atoms with Crippen molar-refractivity contribution in [2.45, 2.75) is 22.7 Å². The molecule has 3 heterocycles. The first-order chi connectivity index (χ1) is 21.0. The van der Waals surface area contributed by atoms with Crippen molar-refractivity contribution in [3.63, 3.8) is 0 Å². The lowest BCUT2D eigenvalue weighted by molar-refractivity contribution is -0.117. The van der Waals surface area contributed by atoms with Crippen molar-refractivity contribution in [1.82, 2.24) is 10.2 Å². The summed E-state index contributed by atoms with van der Waals surface area (Å²) in [6.45, 7) is 0.321. The molecule has 2 aromatic heterocycles. The van der Waals surface area contributed by atoms with E-state index in [-0.39, 0.29) is 16.5 Å². The molecular weight excluding hydrogens is 587 g/mol. The van der Waals surface area contributed by atoms with Gasteiger partial charge >= 0.3 is 0 Å². The fraction of sp³-hybridized carbons (Fsp3) is 0.125. The quantitative estimate of drug-likeness (QED) is 0.0979. The summed E-state index contributed by atoms with van der Waals surface area (Å²) in [6, 6.07) is 26.8. The van der Waals surface area contributed by atoms with Crippen LogP contribution in [0, 0.1) is 0 Å². The Morgan fingerprint density at radius 1 is 0.977 bits per heavy atom. The van der Waals surface area contributed by atoms with Gasteiger partial charge in [-0.25, -0.2) is 0 Å². The third-order valence-electron chi connectivity index (χ3n) is 6.75. The van der Waals surface area contributed by atoms with E-state index in [4.69, 9.17) is 13.9 Å². The Bertz CT molecular complexity index is 1770. The summed E-state index contributed by atoms with van der Waals surface area (Å²) >= 11 is 2.68. The maximum absolute atomic E-state index is 13.6. The highest BCUT2D eigenvalue weighted by atomic mass is 32.2. The minimum absolute atomic E-state index is 0.00708. The number of aliphatic hydroxyl groups is 1. The van der Waals surface area contributed by atoms with Gasteiger partial charge in [0.25, 0.3) is 5.91 Å². The number of carbonyl (C=O) groups is 2. The van der Waals surface area contributed by atoms with Gasteiger partial charge in [0.15, 0.2) is 27.4 Å². The highest BCUT2D eigenvalue weighted by molar-refractivity contribution is 8.00. The number of aromatic nitrogens is 2. The summed E-state index contributed by atoms with van der Waals surface area (Å²) in [4.78, 5) is 28.4. The topological polar surface area (TPSA) is 115 Å². The van der Waals surface area contributed by atoms with E-state index in [1.807, 2.05) is 60.7 Å². The third-order valence-corrected chi connectivity index (χ3v) is 8.87. The fourth-order valence-electron chi connectivity index (χ4n) is 4.68. The summed E-state index contributed by atoms with van der Waals surface area (Å²) in [6.07, 6.45) is 1.36. The van der Waals surface area contributed by atoms with Crippen molar-refractivity contribution in [3.05, 3.63) is 131 Å². The fourth-order valence-corrected chi connectivity index (χ4v) is 6.50. The molecule has 0 radical (unpaired) electrons. The minimum Gasteiger partial charge on any atom is -0.503 e. The molecule has 0 aliphatic carbocycles. The summed E-state index contributed by atoms with van der Waals surface area (Å²) in [5, 5.41) is 19.8. The summed E-state index contributed by atoms with van der Waals surface area (Å²) < 4.78 is 17.6. The average Bonchev–Trinajstić information content (AvgIpc) is 3.81. The molecule has 0 saturated carbocycles. The van der Waals surface area contributed by atoms with Gasteiger partial charge in [0, 0.05) is 5.75 Å². The molecular formula is C32H25N3O6S2. The van der Waals surface area contributed by atoms with E-state index >= 15 is 0 Å². The van der Waals surface area contributed by atoms with Crippen LogP contribution in [0.25, 0.3) is 0 Å². The summed E-state index contributed by atoms with van der Waals surface area (Å²) in [7, 11) is 1.51. The van der Waals surface area contributed by atoms with E-state index in [2.05, 4.69) is 10.2 Å². The predicted molar refractivity (Wildman–Crippen MR) is 163 cm³/mol. The number of furan rings is 1. The normalized spacial score (nSPS) is 14.8. The Balaban J connectivity index is 1.34. The van der Waals surface area contributed by atoms with Gasteiger partial charge in [-0.1, -0.05) is 89.8 Å². The van der Waals surface area contributed by atoms with Gasteiger partial charge in [0.2, 0.25) is 10.9 Å². The van der Waals surface area contributed by atoms with Crippen molar-refractivity contribution >= 4 is 39.9 Å². The first-order valence-corrected chi connectivity index (χ1v) is 15.0. The molecule has 1 unspecified atom stereocenters. The second kappa shape index (κ2) is 12.6. The van der Waals surface area contributed by atoms with Crippen LogP contribution in [0.2, 0.25) is 0 Å². The number of thioether (sulfide) groups is 1. The molecule has 3 aromatic carbocycles. The van der Waals surface area contributed by atoms with Gasteiger partial charge < -0.3 is 19.0 Å². The Labute approximate surface area is 255 Å². The van der Waals surface area contributed by atoms with E-state index in [1.165, 1.54) is 47.4 Å². The molecule has 216 valence electrons. The van der Waals surface area contributed by atoms with Crippen LogP contribution < -0.4 is 14.4 Å². The molecule has 5 aromatic rings. The van der Waals surface area contributed by atoms with Crippen molar-refractivity contribution in [1.29, 1.82) is 0 Å². The van der Waals surface area contributed by atoms with Gasteiger partial charge in [-0.3, -0.25) is 14.5 Å². The lowest BCUT2D eigenvalue weighted by Crippen LogP contribution is -2.31. The zero-order chi connectivity index (χ0) is 29.8.